The second-order valence-electron chi connectivity index (χ2n) is 20.6. The van der Waals surface area contributed by atoms with E-state index < -0.39 is 95.4 Å². The Balaban J connectivity index is 1.92. The van der Waals surface area contributed by atoms with Gasteiger partial charge in [-0.05, 0) is 85.6 Å². The lowest BCUT2D eigenvalue weighted by atomic mass is 9.96. The molecule has 1 saturated heterocycles. The molecule has 6 amide bonds. The van der Waals surface area contributed by atoms with Crippen LogP contribution in [0.15, 0.2) is 48.7 Å². The SMILES string of the molecule is CC(C)C[C@@H]1NC(=O)[C@H](Cc2cn(Cc3ccc(F)c(F)c3)c3ccccc23)N(C)C(=O)[C@H](CC(C)C)NC(=O)[C@H](CC(C)C)N(C)C(=O)[C@H](CC(C)C)NC(=O)[C@@H](CCC#N)OC(=O)[C@H](C)N(C)C1=O. The van der Waals surface area contributed by atoms with Gasteiger partial charge in [0.2, 0.25) is 29.5 Å². The summed E-state index contributed by atoms with van der Waals surface area (Å²) in [4.78, 5) is 105. The quantitative estimate of drug-likeness (QED) is 0.165. The van der Waals surface area contributed by atoms with E-state index in [1.54, 1.807) is 6.20 Å². The minimum atomic E-state index is -1.53. The molecule has 16 nitrogen and oxygen atoms in total. The zero-order valence-corrected chi connectivity index (χ0v) is 43.4. The monoisotopic (exact) mass is 989 g/mol. The first-order valence-corrected chi connectivity index (χ1v) is 24.6. The summed E-state index contributed by atoms with van der Waals surface area (Å²) in [7, 11) is 4.27. The number of nitrogens with zero attached hydrogens (tertiary/aromatic N) is 5. The van der Waals surface area contributed by atoms with Gasteiger partial charge in [-0.25, -0.2) is 13.6 Å². The number of hydrogen-bond acceptors (Lipinski definition) is 9. The zero-order valence-electron chi connectivity index (χ0n) is 43.4. The number of fused-ring (bicyclic) bond motifs is 1. The number of aromatic nitrogens is 1. The molecule has 1 aliphatic heterocycles. The number of esters is 1. The van der Waals surface area contributed by atoms with E-state index in [0.29, 0.717) is 22.0 Å². The lowest BCUT2D eigenvalue weighted by Gasteiger charge is -2.35. The molecule has 1 fully saturated rings. The molecule has 71 heavy (non-hydrogen) atoms. The molecule has 0 unspecified atom stereocenters. The largest absolute Gasteiger partial charge is 0.451 e. The van der Waals surface area contributed by atoms with Crippen molar-refractivity contribution in [2.24, 2.45) is 23.7 Å². The zero-order chi connectivity index (χ0) is 53.0. The van der Waals surface area contributed by atoms with Crippen LogP contribution in [0.5, 0.6) is 0 Å². The second kappa shape index (κ2) is 25.7. The Hall–Kier alpha value is -6.38. The van der Waals surface area contributed by atoms with Crippen LogP contribution in [0.25, 0.3) is 10.9 Å². The molecule has 0 saturated carbocycles. The molecule has 3 N–H and O–H groups in total. The van der Waals surface area contributed by atoms with Crippen LogP contribution in [0.1, 0.15) is 112 Å². The fraction of sp³-hybridized carbons (Fsp3) is 0.585. The van der Waals surface area contributed by atoms with Gasteiger partial charge < -0.3 is 40.0 Å². The maximum absolute atomic E-state index is 15.1. The van der Waals surface area contributed by atoms with Gasteiger partial charge in [-0.2, -0.15) is 5.26 Å². The van der Waals surface area contributed by atoms with Crippen LogP contribution in [0.3, 0.4) is 0 Å². The van der Waals surface area contributed by atoms with Crippen LogP contribution in [0, 0.1) is 46.6 Å². The van der Waals surface area contributed by atoms with E-state index in [2.05, 4.69) is 16.0 Å². The number of cyclic esters (lactones) is 1. The summed E-state index contributed by atoms with van der Waals surface area (Å²) in [5, 5.41) is 18.8. The van der Waals surface area contributed by atoms with Gasteiger partial charge in [0.25, 0.3) is 5.91 Å². The van der Waals surface area contributed by atoms with E-state index in [4.69, 9.17) is 4.74 Å². The number of likely N-dealkylation sites (N-methyl/N-ethyl adjacent to an activating group) is 3. The molecule has 388 valence electrons. The molecule has 0 bridgehead atoms. The Morgan fingerprint density at radius 2 is 1.14 bits per heavy atom. The summed E-state index contributed by atoms with van der Waals surface area (Å²) in [6.07, 6.45) is 0.321. The first-order valence-electron chi connectivity index (χ1n) is 24.6. The number of ether oxygens (including phenoxy) is 1. The van der Waals surface area contributed by atoms with Crippen LogP contribution in [-0.2, 0) is 51.3 Å². The predicted octanol–water partition coefficient (Wildman–Crippen LogP) is 5.88. The third-order valence-electron chi connectivity index (χ3n) is 12.9. The van der Waals surface area contributed by atoms with E-state index in [-0.39, 0.29) is 75.2 Å². The number of rotatable bonds is 14. The number of para-hydroxylation sites is 1. The molecule has 0 radical (unpaired) electrons. The molecule has 0 spiro atoms. The van der Waals surface area contributed by atoms with E-state index in [1.165, 1.54) is 43.9 Å². The predicted molar refractivity (Wildman–Crippen MR) is 265 cm³/mol. The second-order valence-corrected chi connectivity index (χ2v) is 20.6. The third kappa shape index (κ3) is 15.3. The highest BCUT2D eigenvalue weighted by molar-refractivity contribution is 5.98. The Kier molecular flexibility index (Phi) is 20.7. The minimum absolute atomic E-state index is 0.0988. The van der Waals surface area contributed by atoms with Crippen molar-refractivity contribution in [3.05, 3.63) is 71.4 Å². The first-order chi connectivity index (χ1) is 33.3. The van der Waals surface area contributed by atoms with Crippen LogP contribution in [-0.4, -0.2) is 124 Å². The van der Waals surface area contributed by atoms with Crippen molar-refractivity contribution in [1.29, 1.82) is 5.26 Å². The molecule has 1 aliphatic rings. The van der Waals surface area contributed by atoms with Crippen molar-refractivity contribution >= 4 is 52.3 Å². The molecular weight excluding hydrogens is 915 g/mol. The Bertz CT molecular complexity index is 2430. The molecule has 1 aromatic heterocycles. The summed E-state index contributed by atoms with van der Waals surface area (Å²) in [5.41, 5.74) is 1.80. The maximum atomic E-state index is 15.1. The number of nitriles is 1. The van der Waals surface area contributed by atoms with Crippen LogP contribution >= 0.6 is 0 Å². The molecule has 0 aliphatic carbocycles. The fourth-order valence-corrected chi connectivity index (χ4v) is 8.90. The van der Waals surface area contributed by atoms with Crippen molar-refractivity contribution < 1.29 is 47.1 Å². The van der Waals surface area contributed by atoms with Crippen LogP contribution in [0.4, 0.5) is 8.78 Å². The van der Waals surface area contributed by atoms with E-state index in [9.17, 15) is 38.0 Å². The number of amides is 6. The molecule has 7 atom stereocenters. The molecule has 2 aromatic carbocycles. The van der Waals surface area contributed by atoms with Crippen molar-refractivity contribution in [3.8, 4) is 6.07 Å². The van der Waals surface area contributed by atoms with E-state index in [1.807, 2.05) is 90.3 Å². The van der Waals surface area contributed by atoms with Crippen molar-refractivity contribution in [1.82, 2.24) is 35.2 Å². The lowest BCUT2D eigenvalue weighted by molar-refractivity contribution is -0.163. The molecule has 3 aromatic rings. The third-order valence-corrected chi connectivity index (χ3v) is 12.9. The number of carbonyl (C=O) groups is 7. The summed E-state index contributed by atoms with van der Waals surface area (Å²) >= 11 is 0. The Labute approximate surface area is 417 Å². The highest BCUT2D eigenvalue weighted by atomic mass is 19.2. The number of carbonyl (C=O) groups excluding carboxylic acids is 7. The number of nitrogens with one attached hydrogen (secondary N) is 3. The minimum Gasteiger partial charge on any atom is -0.451 e. The average molecular weight is 989 g/mol. The summed E-state index contributed by atoms with van der Waals surface area (Å²) in [6.45, 7) is 16.5. The summed E-state index contributed by atoms with van der Waals surface area (Å²) < 4.78 is 35.9. The van der Waals surface area contributed by atoms with E-state index >= 15 is 9.59 Å². The highest BCUT2D eigenvalue weighted by Gasteiger charge is 2.40. The van der Waals surface area contributed by atoms with Crippen LogP contribution < -0.4 is 16.0 Å². The standard InChI is InChI=1S/C53H74F2N8O8/c1-30(2)22-40-50(67)60(10)34(9)53(70)71-46(18-15-21-56)49(66)59-42(24-32(5)6)52(69)61(11)44(25-33(7)8)47(64)58-41(23-31(3)4)51(68)62(12)45(48(65)57-40)27-36-29-63(43-17-14-13-16-37(36)43)28-35-19-20-38(54)39(55)26-35/h13-14,16-17,19-20,26,29-34,40-42,44-46H,15,18,22-25,27-28H2,1-12H3,(H,57,65)(H,58,64)(H,59,66)/t34-,40-,41-,42-,44-,45-,46+/m0/s1. The molecule has 2 heterocycles. The van der Waals surface area contributed by atoms with Gasteiger partial charge in [0, 0.05) is 64.1 Å². The number of benzene rings is 2. The summed E-state index contributed by atoms with van der Waals surface area (Å²) in [5.74, 6) is -7.61. The lowest BCUT2D eigenvalue weighted by Crippen LogP contribution is -2.60. The molecule has 18 heteroatoms. The Morgan fingerprint density at radius 1 is 0.648 bits per heavy atom. The van der Waals surface area contributed by atoms with Gasteiger partial charge >= 0.3 is 5.97 Å². The van der Waals surface area contributed by atoms with Crippen molar-refractivity contribution in [2.45, 2.75) is 156 Å². The van der Waals surface area contributed by atoms with Gasteiger partial charge in [0.05, 0.1) is 6.07 Å². The topological polar surface area (TPSA) is 203 Å². The van der Waals surface area contributed by atoms with Gasteiger partial charge in [0.15, 0.2) is 17.7 Å². The van der Waals surface area contributed by atoms with Crippen molar-refractivity contribution in [2.75, 3.05) is 21.1 Å². The number of halogens is 2. The highest BCUT2D eigenvalue weighted by Crippen LogP contribution is 2.27. The molecule has 4 rings (SSSR count). The van der Waals surface area contributed by atoms with E-state index in [0.717, 1.165) is 17.0 Å². The fourth-order valence-electron chi connectivity index (χ4n) is 8.90. The Morgan fingerprint density at radius 3 is 1.66 bits per heavy atom. The molecular formula is C53H74F2N8O8. The summed E-state index contributed by atoms with van der Waals surface area (Å²) in [6, 6.07) is 5.56. The van der Waals surface area contributed by atoms with Gasteiger partial charge in [-0.15, -0.1) is 0 Å². The number of hydrogen-bond donors (Lipinski definition) is 3. The van der Waals surface area contributed by atoms with Crippen LogP contribution in [0.2, 0.25) is 0 Å². The van der Waals surface area contributed by atoms with Crippen molar-refractivity contribution in [3.63, 3.8) is 0 Å². The van der Waals surface area contributed by atoms with Gasteiger partial charge in [-0.3, -0.25) is 28.8 Å². The maximum Gasteiger partial charge on any atom is 0.329 e. The van der Waals surface area contributed by atoms with Gasteiger partial charge in [0.1, 0.15) is 36.3 Å². The normalized spacial score (nSPS) is 23.0. The first kappa shape index (κ1) is 57.2. The van der Waals surface area contributed by atoms with Gasteiger partial charge in [-0.1, -0.05) is 79.7 Å². The average Bonchev–Trinajstić information content (AvgIpc) is 3.65. The smallest absolute Gasteiger partial charge is 0.329 e.